The van der Waals surface area contributed by atoms with Crippen LogP contribution in [0, 0.1) is 5.92 Å². The third kappa shape index (κ3) is 4.79. The minimum absolute atomic E-state index is 0. The molecule has 1 rings (SSSR count). The molecule has 1 amide bonds. The highest BCUT2D eigenvalue weighted by molar-refractivity contribution is 5.85. The fourth-order valence-electron chi connectivity index (χ4n) is 1.90. The molecule has 1 aliphatic rings. The maximum absolute atomic E-state index is 14.4. The van der Waals surface area contributed by atoms with Crippen molar-refractivity contribution in [3.63, 3.8) is 0 Å². The lowest BCUT2D eigenvalue weighted by molar-refractivity contribution is -0.156. The van der Waals surface area contributed by atoms with E-state index in [0.29, 0.717) is 6.54 Å². The third-order valence-corrected chi connectivity index (χ3v) is 2.84. The maximum atomic E-state index is 14.4. The molecule has 0 aromatic rings. The van der Waals surface area contributed by atoms with E-state index in [0.717, 1.165) is 7.11 Å². The van der Waals surface area contributed by atoms with Gasteiger partial charge in [0.25, 0.3) is 0 Å². The number of nitrogens with one attached hydrogen (secondary N) is 2. The van der Waals surface area contributed by atoms with E-state index < -0.39 is 29.3 Å². The minimum atomic E-state index is -2.11. The number of hydrogen-bond donors (Lipinski definition) is 2. The summed E-state index contributed by atoms with van der Waals surface area (Å²) in [5, 5.41) is 5.25. The molecule has 2 N–H and O–H groups in total. The van der Waals surface area contributed by atoms with Gasteiger partial charge in [-0.1, -0.05) is 0 Å². The van der Waals surface area contributed by atoms with Gasteiger partial charge >= 0.3 is 12.1 Å². The zero-order chi connectivity index (χ0) is 14.7. The van der Waals surface area contributed by atoms with Gasteiger partial charge in [-0.25, -0.2) is 14.0 Å². The number of alkyl halides is 1. The first-order valence-corrected chi connectivity index (χ1v) is 6.14. The molecule has 0 spiro atoms. The molecule has 0 bridgehead atoms. The number of esters is 1. The lowest BCUT2D eigenvalue weighted by atomic mass is 9.93. The van der Waals surface area contributed by atoms with Gasteiger partial charge in [-0.2, -0.15) is 0 Å². The summed E-state index contributed by atoms with van der Waals surface area (Å²) in [6.45, 7) is 5.39. The normalized spacial score (nSPS) is 25.6. The molecular weight excluding hydrogens is 291 g/mol. The van der Waals surface area contributed by atoms with Gasteiger partial charge in [-0.3, -0.25) is 0 Å². The number of alkyl carbamates (subject to hydrolysis) is 1. The Morgan fingerprint density at radius 3 is 2.55 bits per heavy atom. The lowest BCUT2D eigenvalue weighted by Gasteiger charge is -2.25. The highest BCUT2D eigenvalue weighted by Gasteiger charge is 2.51. The number of carbonyl (C=O) groups is 2. The molecule has 2 atom stereocenters. The predicted molar refractivity (Wildman–Crippen MR) is 73.7 cm³/mol. The van der Waals surface area contributed by atoms with Crippen LogP contribution in [0.5, 0.6) is 0 Å². The standard InChI is InChI=1S/C12H21FN2O4.ClH/c1-11(2,3)19-10(17)15-6-8-5-14-7-12(8,13)9(16)18-4;/h8,14H,5-7H2,1-4H3,(H,15,17);1H. The van der Waals surface area contributed by atoms with Crippen molar-refractivity contribution in [2.75, 3.05) is 26.7 Å². The molecule has 0 saturated carbocycles. The summed E-state index contributed by atoms with van der Waals surface area (Å²) < 4.78 is 23.9. The van der Waals surface area contributed by atoms with E-state index in [2.05, 4.69) is 15.4 Å². The first-order chi connectivity index (χ1) is 8.69. The zero-order valence-electron chi connectivity index (χ0n) is 12.1. The minimum Gasteiger partial charge on any atom is -0.467 e. The van der Waals surface area contributed by atoms with Crippen LogP contribution in [0.15, 0.2) is 0 Å². The van der Waals surface area contributed by atoms with Gasteiger partial charge in [0.1, 0.15) is 5.60 Å². The summed E-state index contributed by atoms with van der Waals surface area (Å²) in [5.41, 5.74) is -2.73. The van der Waals surface area contributed by atoms with Crippen LogP contribution in [-0.4, -0.2) is 50.1 Å². The summed E-state index contributed by atoms with van der Waals surface area (Å²) in [6.07, 6.45) is -0.633. The summed E-state index contributed by atoms with van der Waals surface area (Å²) in [4.78, 5) is 22.9. The van der Waals surface area contributed by atoms with Gasteiger partial charge in [-0.05, 0) is 20.8 Å². The Morgan fingerprint density at radius 2 is 2.05 bits per heavy atom. The van der Waals surface area contributed by atoms with E-state index in [1.807, 2.05) is 0 Å². The Morgan fingerprint density at radius 1 is 1.45 bits per heavy atom. The molecule has 0 aromatic carbocycles. The number of ether oxygens (including phenoxy) is 2. The molecule has 0 aliphatic carbocycles. The molecule has 20 heavy (non-hydrogen) atoms. The van der Waals surface area contributed by atoms with Crippen LogP contribution < -0.4 is 10.6 Å². The van der Waals surface area contributed by atoms with Gasteiger partial charge in [0, 0.05) is 25.6 Å². The Bertz CT molecular complexity index is 362. The predicted octanol–water partition coefficient (Wildman–Crippen LogP) is 1.03. The van der Waals surface area contributed by atoms with Crippen LogP contribution >= 0.6 is 12.4 Å². The topological polar surface area (TPSA) is 76.7 Å². The van der Waals surface area contributed by atoms with Crippen molar-refractivity contribution < 1.29 is 23.5 Å². The van der Waals surface area contributed by atoms with Gasteiger partial charge in [0.2, 0.25) is 5.67 Å². The van der Waals surface area contributed by atoms with Crippen LogP contribution in [0.1, 0.15) is 20.8 Å². The smallest absolute Gasteiger partial charge is 0.407 e. The summed E-state index contributed by atoms with van der Waals surface area (Å²) in [6, 6.07) is 0. The molecule has 1 fully saturated rings. The van der Waals surface area contributed by atoms with Crippen LogP contribution in [0.3, 0.4) is 0 Å². The first-order valence-electron chi connectivity index (χ1n) is 6.14. The molecule has 6 nitrogen and oxygen atoms in total. The Hall–Kier alpha value is -1.08. The molecule has 2 unspecified atom stereocenters. The molecule has 8 heteroatoms. The fraction of sp³-hybridized carbons (Fsp3) is 0.833. The van der Waals surface area contributed by atoms with Crippen LogP contribution in [0.25, 0.3) is 0 Å². The highest BCUT2D eigenvalue weighted by atomic mass is 35.5. The highest BCUT2D eigenvalue weighted by Crippen LogP contribution is 2.27. The molecular formula is C12H22ClFN2O4. The Kier molecular flexibility index (Phi) is 6.70. The second kappa shape index (κ2) is 7.08. The summed E-state index contributed by atoms with van der Waals surface area (Å²) >= 11 is 0. The first kappa shape index (κ1) is 18.9. The number of amides is 1. The number of rotatable bonds is 3. The van der Waals surface area contributed by atoms with Crippen LogP contribution in [-0.2, 0) is 14.3 Å². The molecule has 1 aliphatic heterocycles. The molecule has 0 radical (unpaired) electrons. The monoisotopic (exact) mass is 312 g/mol. The fourth-order valence-corrected chi connectivity index (χ4v) is 1.90. The van der Waals surface area contributed by atoms with Gasteiger partial charge in [0.15, 0.2) is 0 Å². The quantitative estimate of drug-likeness (QED) is 0.761. The SMILES string of the molecule is COC(=O)C1(F)CNCC1CNC(=O)OC(C)(C)C.Cl. The second-order valence-electron chi connectivity index (χ2n) is 5.56. The average molecular weight is 313 g/mol. The molecule has 1 heterocycles. The van der Waals surface area contributed by atoms with Gasteiger partial charge in [-0.15, -0.1) is 12.4 Å². The zero-order valence-corrected chi connectivity index (χ0v) is 12.9. The van der Waals surface area contributed by atoms with Crippen LogP contribution in [0.2, 0.25) is 0 Å². The Labute approximate surface area is 124 Å². The van der Waals surface area contributed by atoms with Crippen LogP contribution in [0.4, 0.5) is 9.18 Å². The lowest BCUT2D eigenvalue weighted by Crippen LogP contribution is -2.47. The van der Waals surface area contributed by atoms with E-state index in [-0.39, 0.29) is 25.5 Å². The number of halogens is 2. The van der Waals surface area contributed by atoms with Crippen molar-refractivity contribution in [2.24, 2.45) is 5.92 Å². The van der Waals surface area contributed by atoms with Crippen molar-refractivity contribution >= 4 is 24.5 Å². The molecule has 118 valence electrons. The van der Waals surface area contributed by atoms with E-state index in [4.69, 9.17) is 4.74 Å². The summed E-state index contributed by atoms with van der Waals surface area (Å²) in [7, 11) is 1.14. The van der Waals surface area contributed by atoms with Gasteiger partial charge < -0.3 is 20.1 Å². The second-order valence-corrected chi connectivity index (χ2v) is 5.56. The van der Waals surface area contributed by atoms with E-state index in [9.17, 15) is 14.0 Å². The van der Waals surface area contributed by atoms with Crippen molar-refractivity contribution in [3.8, 4) is 0 Å². The van der Waals surface area contributed by atoms with Crippen molar-refractivity contribution in [3.05, 3.63) is 0 Å². The van der Waals surface area contributed by atoms with Crippen molar-refractivity contribution in [1.82, 2.24) is 10.6 Å². The molecule has 0 aromatic heterocycles. The number of carbonyl (C=O) groups excluding carboxylic acids is 2. The largest absolute Gasteiger partial charge is 0.467 e. The third-order valence-electron chi connectivity index (χ3n) is 2.84. The number of hydrogen-bond acceptors (Lipinski definition) is 5. The van der Waals surface area contributed by atoms with E-state index in [1.165, 1.54) is 0 Å². The van der Waals surface area contributed by atoms with E-state index in [1.54, 1.807) is 20.8 Å². The summed E-state index contributed by atoms with van der Waals surface area (Å²) in [5.74, 6) is -1.60. The van der Waals surface area contributed by atoms with E-state index >= 15 is 0 Å². The maximum Gasteiger partial charge on any atom is 0.407 e. The Balaban J connectivity index is 0.00000361. The van der Waals surface area contributed by atoms with Gasteiger partial charge in [0.05, 0.1) is 7.11 Å². The average Bonchev–Trinajstić information content (AvgIpc) is 2.66. The van der Waals surface area contributed by atoms with Crippen molar-refractivity contribution in [1.29, 1.82) is 0 Å². The number of methoxy groups -OCH3 is 1. The van der Waals surface area contributed by atoms with Crippen molar-refractivity contribution in [2.45, 2.75) is 32.0 Å². The molecule has 1 saturated heterocycles.